The molecule has 30 heavy (non-hydrogen) atoms. The summed E-state index contributed by atoms with van der Waals surface area (Å²) in [5, 5.41) is 17.5. The number of nitrogen functional groups attached to an aromatic ring is 1. The topological polar surface area (TPSA) is 107 Å². The quantitative estimate of drug-likeness (QED) is 0.271. The average molecular weight is 438 g/mol. The van der Waals surface area contributed by atoms with Crippen molar-refractivity contribution in [3.8, 4) is 21.1 Å². The van der Waals surface area contributed by atoms with Crippen molar-refractivity contribution in [2.45, 2.75) is 19.8 Å². The first-order valence-corrected chi connectivity index (χ1v) is 10.9. The van der Waals surface area contributed by atoms with Crippen LogP contribution in [0.15, 0.2) is 53.9 Å². The molecule has 2 aromatic heterocycles. The second kappa shape index (κ2) is 8.21. The van der Waals surface area contributed by atoms with Gasteiger partial charge in [0.1, 0.15) is 15.7 Å². The molecule has 4 rings (SSSR count). The Balaban J connectivity index is 1.54. The zero-order valence-electron chi connectivity index (χ0n) is 16.3. The molecule has 4 aromatic rings. The molecule has 2 heterocycles. The molecule has 0 saturated carbocycles. The number of hydrogen-bond acceptors (Lipinski definition) is 8. The van der Waals surface area contributed by atoms with Crippen molar-refractivity contribution in [2.24, 2.45) is 0 Å². The van der Waals surface area contributed by atoms with Gasteiger partial charge in [0.25, 0.3) is 5.69 Å². The molecule has 0 amide bonds. The summed E-state index contributed by atoms with van der Waals surface area (Å²) in [6.45, 7) is 4.32. The number of benzene rings is 2. The van der Waals surface area contributed by atoms with E-state index in [9.17, 15) is 10.1 Å². The largest absolute Gasteiger partial charge is 0.382 e. The summed E-state index contributed by atoms with van der Waals surface area (Å²) in [6.07, 6.45) is 0. The second-order valence-corrected chi connectivity index (χ2v) is 8.83. The molecule has 152 valence electrons. The lowest BCUT2D eigenvalue weighted by atomic mass is 10.0. The minimum atomic E-state index is -0.417. The van der Waals surface area contributed by atoms with Crippen LogP contribution in [0.4, 0.5) is 22.3 Å². The Labute approximate surface area is 181 Å². The molecular weight excluding hydrogens is 418 g/mol. The van der Waals surface area contributed by atoms with Crippen molar-refractivity contribution in [1.29, 1.82) is 0 Å². The highest BCUT2D eigenvalue weighted by Gasteiger charge is 2.16. The third-order valence-corrected chi connectivity index (χ3v) is 6.54. The van der Waals surface area contributed by atoms with Crippen molar-refractivity contribution in [3.05, 3.63) is 69.6 Å². The number of anilines is 3. The fourth-order valence-electron chi connectivity index (χ4n) is 2.88. The van der Waals surface area contributed by atoms with Gasteiger partial charge in [-0.3, -0.25) is 10.1 Å². The summed E-state index contributed by atoms with van der Waals surface area (Å²) in [5.74, 6) is 0.905. The first-order chi connectivity index (χ1) is 14.4. The lowest BCUT2D eigenvalue weighted by Crippen LogP contribution is -1.92. The van der Waals surface area contributed by atoms with Gasteiger partial charge in [-0.05, 0) is 35.7 Å². The zero-order chi connectivity index (χ0) is 21.3. The van der Waals surface area contributed by atoms with Gasteiger partial charge in [-0.1, -0.05) is 37.3 Å². The number of rotatable bonds is 6. The summed E-state index contributed by atoms with van der Waals surface area (Å²) in [7, 11) is 0. The molecule has 3 N–H and O–H groups in total. The molecule has 0 radical (unpaired) electrons. The average Bonchev–Trinajstić information content (AvgIpc) is 3.35. The Hall–Kier alpha value is -3.30. The monoisotopic (exact) mass is 437 g/mol. The van der Waals surface area contributed by atoms with Crippen LogP contribution in [0.25, 0.3) is 21.1 Å². The van der Waals surface area contributed by atoms with Crippen LogP contribution in [0, 0.1) is 10.1 Å². The molecule has 0 spiro atoms. The van der Waals surface area contributed by atoms with Gasteiger partial charge in [0.05, 0.1) is 10.6 Å². The van der Waals surface area contributed by atoms with E-state index in [0.717, 1.165) is 26.8 Å². The van der Waals surface area contributed by atoms with Crippen LogP contribution in [0.1, 0.15) is 25.3 Å². The molecule has 0 saturated heterocycles. The lowest BCUT2D eigenvalue weighted by molar-refractivity contribution is -0.384. The Bertz CT molecular complexity index is 1180. The highest BCUT2D eigenvalue weighted by atomic mass is 32.1. The lowest BCUT2D eigenvalue weighted by Gasteiger charge is -2.07. The summed E-state index contributed by atoms with van der Waals surface area (Å²) in [5.41, 5.74) is 9.99. The molecular formula is C21H19N5O2S2. The van der Waals surface area contributed by atoms with Gasteiger partial charge < -0.3 is 11.1 Å². The second-order valence-electron chi connectivity index (χ2n) is 6.98. The maximum atomic E-state index is 10.8. The van der Waals surface area contributed by atoms with Gasteiger partial charge in [0.2, 0.25) is 0 Å². The van der Waals surface area contributed by atoms with Crippen molar-refractivity contribution < 1.29 is 4.92 Å². The summed E-state index contributed by atoms with van der Waals surface area (Å²) in [4.78, 5) is 20.3. The standard InChI is InChI=1S/C21H19N5O2S2/c1-12(2)13-3-7-15(8-4-13)23-21-25-19(22)18(30-21)20-24-17(11-29-20)14-5-9-16(10-6-14)26(27)28/h3-12H,22H2,1-2H3,(H,23,25). The van der Waals surface area contributed by atoms with Crippen molar-refractivity contribution in [3.63, 3.8) is 0 Å². The van der Waals surface area contributed by atoms with Gasteiger partial charge >= 0.3 is 0 Å². The van der Waals surface area contributed by atoms with E-state index in [-0.39, 0.29) is 5.69 Å². The van der Waals surface area contributed by atoms with Crippen LogP contribution in [-0.4, -0.2) is 14.9 Å². The van der Waals surface area contributed by atoms with Crippen LogP contribution in [0.5, 0.6) is 0 Å². The maximum absolute atomic E-state index is 10.8. The Kier molecular flexibility index (Phi) is 5.47. The van der Waals surface area contributed by atoms with Crippen molar-refractivity contribution in [1.82, 2.24) is 9.97 Å². The number of nitrogens with one attached hydrogen (secondary N) is 1. The molecule has 0 atom stereocenters. The Morgan fingerprint density at radius 3 is 2.40 bits per heavy atom. The first kappa shape index (κ1) is 20.0. The number of non-ortho nitro benzene ring substituents is 1. The van der Waals surface area contributed by atoms with Gasteiger partial charge in [-0.15, -0.1) is 11.3 Å². The fourth-order valence-corrected chi connectivity index (χ4v) is 4.71. The number of nitro groups is 1. The first-order valence-electron chi connectivity index (χ1n) is 9.24. The number of nitro benzene ring substituents is 1. The third-order valence-electron chi connectivity index (χ3n) is 4.55. The van der Waals surface area contributed by atoms with Crippen LogP contribution in [0.3, 0.4) is 0 Å². The number of nitrogens with two attached hydrogens (primary N) is 1. The third kappa shape index (κ3) is 4.17. The maximum Gasteiger partial charge on any atom is 0.269 e. The Morgan fingerprint density at radius 2 is 1.77 bits per heavy atom. The number of hydrogen-bond donors (Lipinski definition) is 2. The van der Waals surface area contributed by atoms with Gasteiger partial charge in [0, 0.05) is 28.8 Å². The van der Waals surface area contributed by atoms with Crippen LogP contribution in [0.2, 0.25) is 0 Å². The summed E-state index contributed by atoms with van der Waals surface area (Å²) < 4.78 is 0. The van der Waals surface area contributed by atoms with E-state index < -0.39 is 4.92 Å². The van der Waals surface area contributed by atoms with E-state index in [1.165, 1.54) is 40.4 Å². The normalized spacial score (nSPS) is 11.0. The molecule has 0 aliphatic rings. The van der Waals surface area contributed by atoms with E-state index in [1.54, 1.807) is 12.1 Å². The summed E-state index contributed by atoms with van der Waals surface area (Å²) in [6, 6.07) is 14.6. The molecule has 9 heteroatoms. The van der Waals surface area contributed by atoms with Gasteiger partial charge in [-0.25, -0.2) is 9.97 Å². The molecule has 0 fully saturated rings. The molecule has 0 bridgehead atoms. The van der Waals surface area contributed by atoms with Gasteiger partial charge in [0.15, 0.2) is 5.13 Å². The highest BCUT2D eigenvalue weighted by Crippen LogP contribution is 2.39. The zero-order valence-corrected chi connectivity index (χ0v) is 18.0. The van der Waals surface area contributed by atoms with E-state index in [0.29, 0.717) is 16.9 Å². The van der Waals surface area contributed by atoms with E-state index in [1.807, 2.05) is 17.5 Å². The van der Waals surface area contributed by atoms with E-state index in [2.05, 4.69) is 41.3 Å². The molecule has 2 aromatic carbocycles. The van der Waals surface area contributed by atoms with Crippen LogP contribution in [-0.2, 0) is 0 Å². The number of aromatic nitrogens is 2. The number of nitrogens with zero attached hydrogens (tertiary/aromatic N) is 3. The van der Waals surface area contributed by atoms with E-state index >= 15 is 0 Å². The molecule has 7 nitrogen and oxygen atoms in total. The summed E-state index contributed by atoms with van der Waals surface area (Å²) >= 11 is 2.91. The predicted octanol–water partition coefficient (Wildman–Crippen LogP) is 6.29. The predicted molar refractivity (Wildman–Crippen MR) is 124 cm³/mol. The number of thiazole rings is 2. The van der Waals surface area contributed by atoms with Gasteiger partial charge in [-0.2, -0.15) is 0 Å². The molecule has 0 aliphatic heterocycles. The van der Waals surface area contributed by atoms with Crippen LogP contribution >= 0.6 is 22.7 Å². The SMILES string of the molecule is CC(C)c1ccc(Nc2nc(N)c(-c3nc(-c4ccc([N+](=O)[O-])cc4)cs3)s2)cc1. The highest BCUT2D eigenvalue weighted by molar-refractivity contribution is 7.23. The van der Waals surface area contributed by atoms with Crippen molar-refractivity contribution in [2.75, 3.05) is 11.1 Å². The van der Waals surface area contributed by atoms with Crippen LogP contribution < -0.4 is 11.1 Å². The minimum Gasteiger partial charge on any atom is -0.382 e. The Morgan fingerprint density at radius 1 is 1.07 bits per heavy atom. The molecule has 0 aliphatic carbocycles. The minimum absolute atomic E-state index is 0.0537. The van der Waals surface area contributed by atoms with Crippen molar-refractivity contribution >= 4 is 45.0 Å². The molecule has 0 unspecified atom stereocenters. The van der Waals surface area contributed by atoms with E-state index in [4.69, 9.17) is 5.73 Å². The fraction of sp³-hybridized carbons (Fsp3) is 0.143. The smallest absolute Gasteiger partial charge is 0.269 e.